The first-order chi connectivity index (χ1) is 9.40. The van der Waals surface area contributed by atoms with Gasteiger partial charge in [-0.3, -0.25) is 4.72 Å². The minimum atomic E-state index is -3.72. The molecule has 0 saturated heterocycles. The van der Waals surface area contributed by atoms with Crippen LogP contribution in [0.5, 0.6) is 0 Å². The summed E-state index contributed by atoms with van der Waals surface area (Å²) < 4.78 is 24.2. The number of unbranched alkanes of at least 4 members (excludes halogenated alkanes) is 3. The third-order valence-electron chi connectivity index (χ3n) is 3.03. The summed E-state index contributed by atoms with van der Waals surface area (Å²) in [6, 6.07) is 7.47. The van der Waals surface area contributed by atoms with Crippen LogP contribution in [0.25, 0.3) is 0 Å². The Bertz CT molecular complexity index is 503. The van der Waals surface area contributed by atoms with Crippen molar-refractivity contribution in [2.75, 3.05) is 10.0 Å². The van der Waals surface area contributed by atoms with Gasteiger partial charge in [0.15, 0.2) is 0 Å². The summed E-state index contributed by atoms with van der Waals surface area (Å²) >= 11 is 0. The predicted molar refractivity (Wildman–Crippen MR) is 85.0 cm³/mol. The Balaban J connectivity index is 2.49. The molecule has 0 heterocycles. The lowest BCUT2D eigenvalue weighted by molar-refractivity contribution is 0.594. The lowest BCUT2D eigenvalue weighted by Crippen LogP contribution is -2.22. The second-order valence-electron chi connectivity index (χ2n) is 5.12. The minimum Gasteiger partial charge on any atom is -0.383 e. The van der Waals surface area contributed by atoms with Crippen LogP contribution in [0.1, 0.15) is 46.0 Å². The van der Waals surface area contributed by atoms with Gasteiger partial charge >= 0.3 is 0 Å². The number of hydrogen-bond donors (Lipinski definition) is 3. The molecule has 0 aromatic heterocycles. The van der Waals surface area contributed by atoms with E-state index >= 15 is 0 Å². The van der Waals surface area contributed by atoms with Crippen molar-refractivity contribution in [3.63, 3.8) is 0 Å². The first kappa shape index (κ1) is 16.8. The number of benzene rings is 1. The maximum atomic E-state index is 11.0. The van der Waals surface area contributed by atoms with Crippen LogP contribution in [0.4, 0.5) is 11.4 Å². The van der Waals surface area contributed by atoms with Crippen LogP contribution in [-0.2, 0) is 10.2 Å². The average Bonchev–Trinajstić information content (AvgIpc) is 2.33. The fourth-order valence-corrected chi connectivity index (χ4v) is 2.53. The molecule has 0 saturated carbocycles. The summed E-state index contributed by atoms with van der Waals surface area (Å²) in [6.45, 7) is 4.33. The molecule has 0 radical (unpaired) electrons. The van der Waals surface area contributed by atoms with Crippen molar-refractivity contribution in [1.29, 1.82) is 0 Å². The van der Waals surface area contributed by atoms with E-state index in [-0.39, 0.29) is 0 Å². The van der Waals surface area contributed by atoms with Crippen molar-refractivity contribution in [2.45, 2.75) is 52.0 Å². The van der Waals surface area contributed by atoms with Gasteiger partial charge in [0.25, 0.3) is 10.2 Å². The lowest BCUT2D eigenvalue weighted by atomic mass is 10.1. The quantitative estimate of drug-likeness (QED) is 0.613. The van der Waals surface area contributed by atoms with Crippen LogP contribution < -0.4 is 15.2 Å². The Morgan fingerprint density at radius 1 is 1.20 bits per heavy atom. The van der Waals surface area contributed by atoms with Gasteiger partial charge in [-0.1, -0.05) is 38.7 Å². The van der Waals surface area contributed by atoms with Gasteiger partial charge < -0.3 is 5.32 Å². The molecule has 5 nitrogen and oxygen atoms in total. The Labute approximate surface area is 122 Å². The highest BCUT2D eigenvalue weighted by atomic mass is 32.2. The molecule has 0 aliphatic heterocycles. The van der Waals surface area contributed by atoms with E-state index in [1.807, 2.05) is 6.07 Å². The summed E-state index contributed by atoms with van der Waals surface area (Å²) in [6.07, 6.45) is 6.09. The van der Waals surface area contributed by atoms with Gasteiger partial charge in [-0.05, 0) is 31.5 Å². The van der Waals surface area contributed by atoms with Gasteiger partial charge in [-0.2, -0.15) is 8.42 Å². The van der Waals surface area contributed by atoms with E-state index in [9.17, 15) is 8.42 Å². The smallest absolute Gasteiger partial charge is 0.296 e. The van der Waals surface area contributed by atoms with Crippen LogP contribution in [0.3, 0.4) is 0 Å². The fraction of sp³-hybridized carbons (Fsp3) is 0.571. The Morgan fingerprint density at radius 3 is 2.55 bits per heavy atom. The zero-order valence-corrected chi connectivity index (χ0v) is 13.0. The molecule has 0 spiro atoms. The van der Waals surface area contributed by atoms with E-state index < -0.39 is 10.2 Å². The molecule has 1 unspecified atom stereocenters. The third kappa shape index (κ3) is 7.35. The minimum absolute atomic E-state index is 0.358. The molecule has 0 bridgehead atoms. The summed E-state index contributed by atoms with van der Waals surface area (Å²) in [4.78, 5) is 0. The number of nitrogens with one attached hydrogen (secondary N) is 2. The average molecular weight is 299 g/mol. The molecule has 6 heteroatoms. The van der Waals surface area contributed by atoms with Crippen LogP contribution in [0.15, 0.2) is 24.3 Å². The highest BCUT2D eigenvalue weighted by molar-refractivity contribution is 7.90. The molecule has 1 aromatic rings. The van der Waals surface area contributed by atoms with Crippen LogP contribution in [0.2, 0.25) is 0 Å². The Hall–Kier alpha value is -1.27. The highest BCUT2D eigenvalue weighted by Crippen LogP contribution is 2.18. The normalized spacial score (nSPS) is 12.9. The SMILES string of the molecule is CCCCCCC(C)Nc1cccc(NS(N)(=O)=O)c1. The molecule has 114 valence electrons. The Kier molecular flexibility index (Phi) is 6.81. The van der Waals surface area contributed by atoms with Crippen molar-refractivity contribution in [3.05, 3.63) is 24.3 Å². The van der Waals surface area contributed by atoms with E-state index in [1.165, 1.54) is 25.7 Å². The van der Waals surface area contributed by atoms with E-state index in [2.05, 4.69) is 23.9 Å². The van der Waals surface area contributed by atoms with Gasteiger partial charge in [0.2, 0.25) is 0 Å². The molecule has 1 aromatic carbocycles. The van der Waals surface area contributed by atoms with E-state index in [1.54, 1.807) is 18.2 Å². The zero-order chi connectivity index (χ0) is 15.0. The summed E-state index contributed by atoms with van der Waals surface area (Å²) in [5, 5.41) is 8.32. The first-order valence-corrected chi connectivity index (χ1v) is 8.62. The Morgan fingerprint density at radius 2 is 1.90 bits per heavy atom. The van der Waals surface area contributed by atoms with Gasteiger partial charge in [-0.25, -0.2) is 5.14 Å². The van der Waals surface area contributed by atoms with Crippen molar-refractivity contribution >= 4 is 21.6 Å². The fourth-order valence-electron chi connectivity index (χ4n) is 2.07. The number of anilines is 2. The molecule has 0 amide bonds. The molecule has 0 fully saturated rings. The van der Waals surface area contributed by atoms with Crippen molar-refractivity contribution in [2.24, 2.45) is 5.14 Å². The molecule has 0 aliphatic carbocycles. The second-order valence-corrected chi connectivity index (χ2v) is 6.42. The van der Waals surface area contributed by atoms with E-state index in [0.29, 0.717) is 11.7 Å². The summed E-state index contributed by atoms with van der Waals surface area (Å²) in [5.41, 5.74) is 1.36. The van der Waals surface area contributed by atoms with Gasteiger partial charge in [0, 0.05) is 11.7 Å². The molecule has 1 rings (SSSR count). The van der Waals surface area contributed by atoms with Gasteiger partial charge in [-0.15, -0.1) is 0 Å². The first-order valence-electron chi connectivity index (χ1n) is 7.08. The molecule has 0 aliphatic rings. The number of hydrogen-bond acceptors (Lipinski definition) is 3. The maximum Gasteiger partial charge on any atom is 0.296 e. The van der Waals surface area contributed by atoms with Crippen molar-refractivity contribution < 1.29 is 8.42 Å². The molecular formula is C14H25N3O2S. The van der Waals surface area contributed by atoms with E-state index in [4.69, 9.17) is 5.14 Å². The zero-order valence-electron chi connectivity index (χ0n) is 12.2. The van der Waals surface area contributed by atoms with Crippen molar-refractivity contribution in [1.82, 2.24) is 0 Å². The number of nitrogens with two attached hydrogens (primary N) is 1. The largest absolute Gasteiger partial charge is 0.383 e. The number of rotatable bonds is 9. The van der Waals surface area contributed by atoms with Gasteiger partial charge in [0.1, 0.15) is 0 Å². The lowest BCUT2D eigenvalue weighted by Gasteiger charge is -2.16. The maximum absolute atomic E-state index is 11.0. The van der Waals surface area contributed by atoms with E-state index in [0.717, 1.165) is 12.1 Å². The summed E-state index contributed by atoms with van der Waals surface area (Å²) in [7, 11) is -3.72. The van der Waals surface area contributed by atoms with Crippen LogP contribution >= 0.6 is 0 Å². The standard InChI is InChI=1S/C14H25N3O2S/c1-3-4-5-6-8-12(2)16-13-9-7-10-14(11-13)17-20(15,18)19/h7,9-12,16-17H,3-6,8H2,1-2H3,(H2,15,18,19). The molecule has 1 atom stereocenters. The second kappa shape index (κ2) is 8.11. The van der Waals surface area contributed by atoms with Crippen molar-refractivity contribution in [3.8, 4) is 0 Å². The summed E-state index contributed by atoms with van der Waals surface area (Å²) in [5.74, 6) is 0. The predicted octanol–water partition coefficient (Wildman–Crippen LogP) is 3.07. The molecule has 20 heavy (non-hydrogen) atoms. The van der Waals surface area contributed by atoms with Crippen LogP contribution in [0, 0.1) is 0 Å². The van der Waals surface area contributed by atoms with Crippen LogP contribution in [-0.4, -0.2) is 14.5 Å². The molecular weight excluding hydrogens is 274 g/mol. The highest BCUT2D eigenvalue weighted by Gasteiger charge is 2.05. The van der Waals surface area contributed by atoms with Gasteiger partial charge in [0.05, 0.1) is 5.69 Å². The molecule has 4 N–H and O–H groups in total. The monoisotopic (exact) mass is 299 g/mol. The third-order valence-corrected chi connectivity index (χ3v) is 3.55. The topological polar surface area (TPSA) is 84.2 Å².